The van der Waals surface area contributed by atoms with Crippen molar-refractivity contribution in [2.45, 2.75) is 52.1 Å². The lowest BCUT2D eigenvalue weighted by molar-refractivity contribution is -0.155. The summed E-state index contributed by atoms with van der Waals surface area (Å²) in [4.78, 5) is 11.6. The molecule has 0 bridgehead atoms. The van der Waals surface area contributed by atoms with Gasteiger partial charge < -0.3 is 9.84 Å². The summed E-state index contributed by atoms with van der Waals surface area (Å²) in [6.07, 6.45) is 4.45. The lowest BCUT2D eigenvalue weighted by Crippen LogP contribution is -2.38. The van der Waals surface area contributed by atoms with Crippen molar-refractivity contribution < 1.29 is 14.6 Å². The van der Waals surface area contributed by atoms with Crippen LogP contribution >= 0.6 is 0 Å². The van der Waals surface area contributed by atoms with Crippen LogP contribution in [0, 0.1) is 11.8 Å². The normalized spacial score (nSPS) is 20.5. The maximum atomic E-state index is 11.6. The lowest BCUT2D eigenvalue weighted by Gasteiger charge is -2.34. The van der Waals surface area contributed by atoms with Crippen molar-refractivity contribution in [2.75, 3.05) is 6.61 Å². The number of esters is 1. The Morgan fingerprint density at radius 3 is 2.53 bits per heavy atom. The Labute approximate surface area is 91.8 Å². The maximum Gasteiger partial charge on any atom is 0.311 e. The van der Waals surface area contributed by atoms with Gasteiger partial charge >= 0.3 is 5.97 Å². The molecule has 15 heavy (non-hydrogen) atoms. The molecule has 0 aromatic rings. The smallest absolute Gasteiger partial charge is 0.311 e. The summed E-state index contributed by atoms with van der Waals surface area (Å²) in [7, 11) is 0. The van der Waals surface area contributed by atoms with E-state index in [0.29, 0.717) is 12.5 Å². The number of aliphatic hydroxyl groups is 1. The van der Waals surface area contributed by atoms with E-state index >= 15 is 0 Å². The summed E-state index contributed by atoms with van der Waals surface area (Å²) in [5, 5.41) is 10.1. The molecule has 0 saturated heterocycles. The van der Waals surface area contributed by atoms with Crippen LogP contribution in [0.4, 0.5) is 0 Å². The fraction of sp³-hybridized carbons (Fsp3) is 0.917. The van der Waals surface area contributed by atoms with E-state index < -0.39 is 6.10 Å². The Kier molecular flexibility index (Phi) is 5.09. The van der Waals surface area contributed by atoms with Crippen molar-refractivity contribution in [3.63, 3.8) is 0 Å². The van der Waals surface area contributed by atoms with Crippen LogP contribution in [0.25, 0.3) is 0 Å². The van der Waals surface area contributed by atoms with Crippen LogP contribution in [0.2, 0.25) is 0 Å². The zero-order chi connectivity index (χ0) is 11.3. The average molecular weight is 214 g/mol. The fourth-order valence-electron chi connectivity index (χ4n) is 2.10. The Morgan fingerprint density at radius 1 is 1.47 bits per heavy atom. The zero-order valence-electron chi connectivity index (χ0n) is 9.74. The molecular weight excluding hydrogens is 192 g/mol. The van der Waals surface area contributed by atoms with Gasteiger partial charge in [0.05, 0.1) is 18.6 Å². The van der Waals surface area contributed by atoms with Gasteiger partial charge in [0, 0.05) is 0 Å². The third kappa shape index (κ3) is 3.20. The van der Waals surface area contributed by atoms with E-state index in [-0.39, 0.29) is 11.9 Å². The summed E-state index contributed by atoms with van der Waals surface area (Å²) >= 11 is 0. The van der Waals surface area contributed by atoms with E-state index in [1.165, 1.54) is 6.42 Å². The number of carbonyl (C=O) groups is 1. The fourth-order valence-corrected chi connectivity index (χ4v) is 2.10. The third-order valence-electron chi connectivity index (χ3n) is 3.23. The van der Waals surface area contributed by atoms with Crippen molar-refractivity contribution in [3.05, 3.63) is 0 Å². The summed E-state index contributed by atoms with van der Waals surface area (Å²) in [5.41, 5.74) is 0. The number of aliphatic hydroxyl groups excluding tert-OH is 1. The quantitative estimate of drug-likeness (QED) is 0.689. The molecule has 1 saturated carbocycles. The number of hydrogen-bond donors (Lipinski definition) is 1. The average Bonchev–Trinajstić information content (AvgIpc) is 2.11. The summed E-state index contributed by atoms with van der Waals surface area (Å²) in [6.45, 7) is 4.23. The van der Waals surface area contributed by atoms with E-state index in [1.54, 1.807) is 6.92 Å². The van der Waals surface area contributed by atoms with Crippen LogP contribution in [0.15, 0.2) is 0 Å². The van der Waals surface area contributed by atoms with E-state index in [4.69, 9.17) is 4.74 Å². The molecule has 0 aliphatic heterocycles. The van der Waals surface area contributed by atoms with Gasteiger partial charge in [-0.2, -0.15) is 0 Å². The molecule has 0 aromatic carbocycles. The molecule has 0 aromatic heterocycles. The van der Waals surface area contributed by atoms with Crippen LogP contribution in [-0.4, -0.2) is 23.8 Å². The molecule has 88 valence electrons. The molecule has 0 radical (unpaired) electrons. The molecule has 2 unspecified atom stereocenters. The highest BCUT2D eigenvalue weighted by Crippen LogP contribution is 2.34. The summed E-state index contributed by atoms with van der Waals surface area (Å²) in [5.74, 6) is -0.204. The molecule has 1 rings (SSSR count). The van der Waals surface area contributed by atoms with E-state index in [9.17, 15) is 9.90 Å². The Balaban J connectivity index is 2.50. The molecule has 3 heteroatoms. The second kappa shape index (κ2) is 6.11. The Hall–Kier alpha value is -0.570. The highest BCUT2D eigenvalue weighted by atomic mass is 16.5. The summed E-state index contributed by atoms with van der Waals surface area (Å²) in [6, 6.07) is 0. The second-order valence-corrected chi connectivity index (χ2v) is 4.33. The van der Waals surface area contributed by atoms with Gasteiger partial charge in [-0.15, -0.1) is 0 Å². The van der Waals surface area contributed by atoms with Crippen molar-refractivity contribution >= 4 is 5.97 Å². The molecule has 1 N–H and O–H groups in total. The van der Waals surface area contributed by atoms with Gasteiger partial charge in [-0.1, -0.05) is 19.8 Å². The molecule has 1 fully saturated rings. The Morgan fingerprint density at radius 2 is 2.13 bits per heavy atom. The van der Waals surface area contributed by atoms with E-state index in [1.807, 2.05) is 6.92 Å². The first-order chi connectivity index (χ1) is 7.20. The zero-order valence-corrected chi connectivity index (χ0v) is 9.74. The van der Waals surface area contributed by atoms with Gasteiger partial charge in [-0.3, -0.25) is 4.79 Å². The standard InChI is InChI=1S/C12H22O3/c1-3-6-10(12(14)15-4-2)11(13)9-7-5-8-9/h9-11,13H,3-8H2,1-2H3. The minimum Gasteiger partial charge on any atom is -0.466 e. The van der Waals surface area contributed by atoms with Crippen molar-refractivity contribution in [1.29, 1.82) is 0 Å². The van der Waals surface area contributed by atoms with E-state index in [0.717, 1.165) is 25.7 Å². The number of ether oxygens (including phenoxy) is 1. The maximum absolute atomic E-state index is 11.6. The van der Waals surface area contributed by atoms with Crippen molar-refractivity contribution in [1.82, 2.24) is 0 Å². The summed E-state index contributed by atoms with van der Waals surface area (Å²) < 4.78 is 5.00. The third-order valence-corrected chi connectivity index (χ3v) is 3.23. The molecule has 0 heterocycles. The molecular formula is C12H22O3. The number of rotatable bonds is 6. The molecule has 0 amide bonds. The molecule has 2 atom stereocenters. The van der Waals surface area contributed by atoms with E-state index in [2.05, 4.69) is 0 Å². The predicted molar refractivity (Wildman–Crippen MR) is 58.4 cm³/mol. The van der Waals surface area contributed by atoms with Gasteiger partial charge in [0.1, 0.15) is 0 Å². The largest absolute Gasteiger partial charge is 0.466 e. The van der Waals surface area contributed by atoms with Gasteiger partial charge in [-0.25, -0.2) is 0 Å². The van der Waals surface area contributed by atoms with Crippen LogP contribution in [-0.2, 0) is 9.53 Å². The first-order valence-electron chi connectivity index (χ1n) is 6.05. The minimum atomic E-state index is -0.488. The Bertz CT molecular complexity index is 199. The first kappa shape index (κ1) is 12.5. The molecule has 0 spiro atoms. The number of hydrogen-bond acceptors (Lipinski definition) is 3. The van der Waals surface area contributed by atoms with Crippen LogP contribution in [0.1, 0.15) is 46.0 Å². The minimum absolute atomic E-state index is 0.223. The number of carbonyl (C=O) groups excluding carboxylic acids is 1. The van der Waals surface area contributed by atoms with Crippen molar-refractivity contribution in [2.24, 2.45) is 11.8 Å². The SMILES string of the molecule is CCCC(C(=O)OCC)C(O)C1CCC1. The van der Waals surface area contributed by atoms with Gasteiger partial charge in [0.25, 0.3) is 0 Å². The monoisotopic (exact) mass is 214 g/mol. The van der Waals surface area contributed by atoms with Crippen LogP contribution < -0.4 is 0 Å². The second-order valence-electron chi connectivity index (χ2n) is 4.33. The van der Waals surface area contributed by atoms with Crippen molar-refractivity contribution in [3.8, 4) is 0 Å². The molecule has 1 aliphatic carbocycles. The van der Waals surface area contributed by atoms with Crippen LogP contribution in [0.5, 0.6) is 0 Å². The highest BCUT2D eigenvalue weighted by molar-refractivity contribution is 5.73. The first-order valence-corrected chi connectivity index (χ1v) is 6.05. The van der Waals surface area contributed by atoms with Crippen LogP contribution in [0.3, 0.4) is 0 Å². The predicted octanol–water partition coefficient (Wildman–Crippen LogP) is 2.13. The van der Waals surface area contributed by atoms with Gasteiger partial charge in [0.2, 0.25) is 0 Å². The lowest BCUT2D eigenvalue weighted by atomic mass is 9.75. The van der Waals surface area contributed by atoms with Gasteiger partial charge in [-0.05, 0) is 32.1 Å². The van der Waals surface area contributed by atoms with Gasteiger partial charge in [0.15, 0.2) is 0 Å². The molecule has 1 aliphatic rings. The topological polar surface area (TPSA) is 46.5 Å². The molecule has 3 nitrogen and oxygen atoms in total. The highest BCUT2D eigenvalue weighted by Gasteiger charge is 2.35.